The molecule has 3 aromatic heterocycles. The highest BCUT2D eigenvalue weighted by atomic mass is 32.2. The fourth-order valence-corrected chi connectivity index (χ4v) is 3.53. The monoisotopic (exact) mass is 320 g/mol. The van der Waals surface area contributed by atoms with Gasteiger partial charge in [0.05, 0.1) is 6.20 Å². The minimum atomic E-state index is -3.81. The molecule has 0 unspecified atom stereocenters. The van der Waals surface area contributed by atoms with Crippen molar-refractivity contribution in [1.29, 1.82) is 0 Å². The average Bonchev–Trinajstić information content (AvgIpc) is 3.09. The van der Waals surface area contributed by atoms with E-state index in [0.29, 0.717) is 16.4 Å². The van der Waals surface area contributed by atoms with Crippen LogP contribution in [0.2, 0.25) is 0 Å². The summed E-state index contributed by atoms with van der Waals surface area (Å²) in [5, 5.41) is 9.92. The van der Waals surface area contributed by atoms with Crippen molar-refractivity contribution in [3.05, 3.63) is 36.5 Å². The Labute approximate surface area is 122 Å². The first-order chi connectivity index (χ1) is 10.0. The van der Waals surface area contributed by atoms with Gasteiger partial charge in [-0.3, -0.25) is 0 Å². The van der Waals surface area contributed by atoms with E-state index in [4.69, 9.17) is 9.56 Å². The molecule has 106 valence electrons. The molecule has 0 saturated heterocycles. The fraction of sp³-hybridized carbons (Fsp3) is 0. The Morgan fingerprint density at radius 1 is 1.29 bits per heavy atom. The normalized spacial score (nSPS) is 12.4. The van der Waals surface area contributed by atoms with Crippen LogP contribution < -0.4 is 5.14 Å². The Hall–Kier alpha value is -2.23. The summed E-state index contributed by atoms with van der Waals surface area (Å²) in [7, 11) is -3.81. The summed E-state index contributed by atoms with van der Waals surface area (Å²) in [5.41, 5.74) is 1.35. The summed E-state index contributed by atoms with van der Waals surface area (Å²) < 4.78 is 29.4. The van der Waals surface area contributed by atoms with Crippen molar-refractivity contribution < 1.29 is 12.8 Å². The van der Waals surface area contributed by atoms with Gasteiger partial charge in [0, 0.05) is 5.39 Å². The van der Waals surface area contributed by atoms with Crippen LogP contribution in [-0.4, -0.2) is 23.0 Å². The number of hydrogen-bond acceptors (Lipinski definition) is 6. The first kappa shape index (κ1) is 12.5. The summed E-state index contributed by atoms with van der Waals surface area (Å²) in [6.45, 7) is 0. The first-order valence-electron chi connectivity index (χ1n) is 5.89. The number of primary sulfonamides is 1. The maximum absolute atomic E-state index is 11.2. The molecule has 7 nitrogen and oxygen atoms in total. The van der Waals surface area contributed by atoms with Gasteiger partial charge in [-0.15, -0.1) is 5.10 Å². The second kappa shape index (κ2) is 4.13. The van der Waals surface area contributed by atoms with E-state index in [0.717, 1.165) is 22.3 Å². The number of imidazole rings is 1. The second-order valence-corrected chi connectivity index (χ2v) is 7.11. The number of para-hydroxylation sites is 1. The van der Waals surface area contributed by atoms with Crippen molar-refractivity contribution >= 4 is 37.3 Å². The molecule has 0 saturated carbocycles. The molecule has 0 amide bonds. The fourth-order valence-electron chi connectivity index (χ4n) is 2.02. The molecule has 1 aromatic carbocycles. The molecule has 0 atom stereocenters. The Kier molecular flexibility index (Phi) is 2.46. The highest BCUT2D eigenvalue weighted by molar-refractivity contribution is 7.91. The zero-order valence-electron chi connectivity index (χ0n) is 10.4. The van der Waals surface area contributed by atoms with Crippen LogP contribution in [-0.2, 0) is 10.0 Å². The lowest BCUT2D eigenvalue weighted by Gasteiger charge is -1.88. The molecule has 0 fully saturated rings. The van der Waals surface area contributed by atoms with E-state index in [9.17, 15) is 8.42 Å². The lowest BCUT2D eigenvalue weighted by atomic mass is 10.2. The smallest absolute Gasteiger partial charge is 0.267 e. The van der Waals surface area contributed by atoms with Crippen LogP contribution in [0, 0.1) is 0 Å². The van der Waals surface area contributed by atoms with Crippen molar-refractivity contribution in [2.24, 2.45) is 5.14 Å². The van der Waals surface area contributed by atoms with Gasteiger partial charge in [-0.1, -0.05) is 29.5 Å². The molecular formula is C12H8N4O3S2. The molecule has 0 radical (unpaired) electrons. The van der Waals surface area contributed by atoms with Crippen LogP contribution in [0.5, 0.6) is 0 Å². The number of hydrogen-bond donors (Lipinski definition) is 1. The number of fused-ring (bicyclic) bond motifs is 2. The van der Waals surface area contributed by atoms with Gasteiger partial charge < -0.3 is 4.42 Å². The molecule has 2 N–H and O–H groups in total. The van der Waals surface area contributed by atoms with Crippen molar-refractivity contribution in [3.63, 3.8) is 0 Å². The van der Waals surface area contributed by atoms with E-state index >= 15 is 0 Å². The summed E-state index contributed by atoms with van der Waals surface area (Å²) in [5.74, 6) is 0.603. The third-order valence-electron chi connectivity index (χ3n) is 2.95. The number of aromatic nitrogens is 3. The number of rotatable bonds is 2. The summed E-state index contributed by atoms with van der Waals surface area (Å²) in [4.78, 5) is 4.76. The van der Waals surface area contributed by atoms with Gasteiger partial charge in [-0.25, -0.2) is 23.1 Å². The molecule has 0 spiro atoms. The minimum Gasteiger partial charge on any atom is -0.454 e. The average molecular weight is 320 g/mol. The molecule has 9 heteroatoms. The second-order valence-electron chi connectivity index (χ2n) is 4.41. The van der Waals surface area contributed by atoms with Crippen LogP contribution in [0.15, 0.2) is 45.3 Å². The molecular weight excluding hydrogens is 312 g/mol. The van der Waals surface area contributed by atoms with Crippen molar-refractivity contribution in [1.82, 2.24) is 14.6 Å². The predicted octanol–water partition coefficient (Wildman–Crippen LogP) is 1.85. The molecule has 3 heterocycles. The summed E-state index contributed by atoms with van der Waals surface area (Å²) in [6.07, 6.45) is 1.61. The lowest BCUT2D eigenvalue weighted by Crippen LogP contribution is -2.11. The Balaban J connectivity index is 1.85. The molecule has 0 aliphatic heterocycles. The van der Waals surface area contributed by atoms with Crippen LogP contribution >= 0.6 is 11.3 Å². The summed E-state index contributed by atoms with van der Waals surface area (Å²) >= 11 is 0.913. The number of sulfonamides is 1. The van der Waals surface area contributed by atoms with Crippen LogP contribution in [0.3, 0.4) is 0 Å². The number of nitrogens with zero attached hydrogens (tertiary/aromatic N) is 3. The van der Waals surface area contributed by atoms with Crippen LogP contribution in [0.25, 0.3) is 27.4 Å². The first-order valence-corrected chi connectivity index (χ1v) is 8.25. The zero-order chi connectivity index (χ0) is 14.6. The maximum Gasteiger partial charge on any atom is 0.267 e. The quantitative estimate of drug-likeness (QED) is 0.607. The minimum absolute atomic E-state index is 0.166. The van der Waals surface area contributed by atoms with Crippen LogP contribution in [0.1, 0.15) is 0 Å². The van der Waals surface area contributed by atoms with E-state index < -0.39 is 10.0 Å². The van der Waals surface area contributed by atoms with Gasteiger partial charge in [-0.2, -0.15) is 0 Å². The topological polar surface area (TPSA) is 103 Å². The van der Waals surface area contributed by atoms with Crippen molar-refractivity contribution in [2.75, 3.05) is 0 Å². The van der Waals surface area contributed by atoms with E-state index in [1.165, 1.54) is 4.52 Å². The van der Waals surface area contributed by atoms with E-state index in [2.05, 4.69) is 10.1 Å². The Morgan fingerprint density at radius 2 is 2.10 bits per heavy atom. The van der Waals surface area contributed by atoms with Gasteiger partial charge in [0.25, 0.3) is 10.0 Å². The molecule has 4 rings (SSSR count). The Morgan fingerprint density at radius 3 is 2.81 bits per heavy atom. The molecule has 0 bridgehead atoms. The summed E-state index contributed by atoms with van der Waals surface area (Å²) in [6, 6.07) is 9.50. The number of furan rings is 1. The van der Waals surface area contributed by atoms with Gasteiger partial charge in [0.1, 0.15) is 11.3 Å². The van der Waals surface area contributed by atoms with Crippen LogP contribution in [0.4, 0.5) is 0 Å². The number of nitrogens with two attached hydrogens (primary N) is 1. The highest BCUT2D eigenvalue weighted by Crippen LogP contribution is 2.28. The van der Waals surface area contributed by atoms with Gasteiger partial charge >= 0.3 is 0 Å². The molecule has 0 aliphatic carbocycles. The predicted molar refractivity (Wildman–Crippen MR) is 77.4 cm³/mol. The van der Waals surface area contributed by atoms with Gasteiger partial charge in [0.2, 0.25) is 9.30 Å². The van der Waals surface area contributed by atoms with E-state index in [-0.39, 0.29) is 4.34 Å². The maximum atomic E-state index is 11.2. The molecule has 4 aromatic rings. The lowest BCUT2D eigenvalue weighted by molar-refractivity contribution is 0.595. The third-order valence-corrected chi connectivity index (χ3v) is 5.18. The van der Waals surface area contributed by atoms with Crippen molar-refractivity contribution in [3.8, 4) is 11.5 Å². The standard InChI is InChI=1S/C12H8N4O3S2/c13-21(17,18)12-15-16-6-8(14-11(16)20-12)10-5-7-3-1-2-4-9(7)19-10/h1-6H,(H2,13,17,18). The third kappa shape index (κ3) is 2.02. The Bertz CT molecular complexity index is 1010. The SMILES string of the molecule is NS(=O)(=O)c1nn2cc(-c3cc4ccccc4o3)nc2s1. The molecule has 21 heavy (non-hydrogen) atoms. The van der Waals surface area contributed by atoms with E-state index in [1.807, 2.05) is 30.3 Å². The molecule has 0 aliphatic rings. The largest absolute Gasteiger partial charge is 0.454 e. The highest BCUT2D eigenvalue weighted by Gasteiger charge is 2.18. The van der Waals surface area contributed by atoms with Gasteiger partial charge in [-0.05, 0) is 12.1 Å². The zero-order valence-corrected chi connectivity index (χ0v) is 12.1. The van der Waals surface area contributed by atoms with Gasteiger partial charge in [0.15, 0.2) is 5.76 Å². The number of benzene rings is 1. The van der Waals surface area contributed by atoms with Crippen molar-refractivity contribution in [2.45, 2.75) is 4.34 Å². The van der Waals surface area contributed by atoms with E-state index in [1.54, 1.807) is 6.20 Å².